The summed E-state index contributed by atoms with van der Waals surface area (Å²) in [5, 5.41) is 8.93. The summed E-state index contributed by atoms with van der Waals surface area (Å²) in [6, 6.07) is 26.8. The van der Waals surface area contributed by atoms with Crippen molar-refractivity contribution in [1.29, 1.82) is 5.26 Å². The van der Waals surface area contributed by atoms with E-state index in [1.165, 1.54) is 0 Å². The third-order valence-corrected chi connectivity index (χ3v) is 3.74. The fourth-order valence-corrected chi connectivity index (χ4v) is 2.53. The van der Waals surface area contributed by atoms with E-state index >= 15 is 0 Å². The number of hydrogen-bond donors (Lipinski definition) is 0. The van der Waals surface area contributed by atoms with Crippen LogP contribution >= 0.6 is 0 Å². The molecule has 3 rings (SSSR count). The smallest absolute Gasteiger partial charge is 0.185 e. The number of nitriles is 1. The fraction of sp³-hybridized carbons (Fsp3) is 0. The lowest BCUT2D eigenvalue weighted by atomic mass is 9.98. The van der Waals surface area contributed by atoms with Crippen molar-refractivity contribution >= 4 is 11.9 Å². The van der Waals surface area contributed by atoms with Crippen molar-refractivity contribution < 1.29 is 4.79 Å². The van der Waals surface area contributed by atoms with Gasteiger partial charge in [-0.25, -0.2) is 0 Å². The summed E-state index contributed by atoms with van der Waals surface area (Å²) >= 11 is 0. The van der Waals surface area contributed by atoms with Gasteiger partial charge >= 0.3 is 0 Å². The molecule has 0 aromatic heterocycles. The van der Waals surface area contributed by atoms with Crippen molar-refractivity contribution in [3.63, 3.8) is 0 Å². The topological polar surface area (TPSA) is 40.9 Å². The Morgan fingerprint density at radius 3 is 2.42 bits per heavy atom. The summed E-state index contributed by atoms with van der Waals surface area (Å²) in [5.41, 5.74) is 4.17. The van der Waals surface area contributed by atoms with E-state index in [1.54, 1.807) is 30.3 Å². The molecule has 0 saturated heterocycles. The predicted octanol–water partition coefficient (Wildman–Crippen LogP) is 5.12. The number of nitrogens with zero attached hydrogens (tertiary/aromatic N) is 1. The first-order chi connectivity index (χ1) is 11.8. The second-order valence-corrected chi connectivity index (χ2v) is 5.34. The summed E-state index contributed by atoms with van der Waals surface area (Å²) < 4.78 is 0. The van der Waals surface area contributed by atoms with Crippen LogP contribution in [0, 0.1) is 11.3 Å². The summed E-state index contributed by atoms with van der Waals surface area (Å²) in [4.78, 5) is 12.3. The molecule has 3 aromatic rings. The maximum atomic E-state index is 12.3. The average molecular weight is 309 g/mol. The van der Waals surface area contributed by atoms with Crippen molar-refractivity contribution in [3.05, 3.63) is 102 Å². The minimum atomic E-state index is -0.116. The zero-order valence-electron chi connectivity index (χ0n) is 13.0. The number of allylic oxidation sites excluding steroid dienone is 1. The van der Waals surface area contributed by atoms with Gasteiger partial charge in [-0.05, 0) is 34.9 Å². The Bertz CT molecular complexity index is 933. The van der Waals surface area contributed by atoms with Crippen LogP contribution in [0.25, 0.3) is 17.2 Å². The molecule has 0 spiro atoms. The molecular weight excluding hydrogens is 294 g/mol. The number of rotatable bonds is 4. The monoisotopic (exact) mass is 309 g/mol. The molecule has 0 saturated carbocycles. The molecule has 2 nitrogen and oxygen atoms in total. The molecule has 0 unspecified atom stereocenters. The number of ketones is 1. The maximum absolute atomic E-state index is 12.3. The van der Waals surface area contributed by atoms with Gasteiger partial charge in [-0.3, -0.25) is 4.79 Å². The van der Waals surface area contributed by atoms with Crippen LogP contribution in [0.2, 0.25) is 0 Å². The van der Waals surface area contributed by atoms with E-state index in [-0.39, 0.29) is 5.78 Å². The molecule has 0 radical (unpaired) electrons. The molecule has 0 aliphatic heterocycles. The molecule has 3 aromatic carbocycles. The largest absolute Gasteiger partial charge is 0.289 e. The lowest BCUT2D eigenvalue weighted by molar-refractivity contribution is 0.104. The van der Waals surface area contributed by atoms with Crippen molar-refractivity contribution in [2.24, 2.45) is 0 Å². The Kier molecular flexibility index (Phi) is 4.65. The molecule has 114 valence electrons. The van der Waals surface area contributed by atoms with Crippen LogP contribution in [-0.4, -0.2) is 5.78 Å². The van der Waals surface area contributed by atoms with Gasteiger partial charge in [-0.1, -0.05) is 72.8 Å². The Morgan fingerprint density at radius 1 is 0.875 bits per heavy atom. The lowest BCUT2D eigenvalue weighted by Crippen LogP contribution is -1.94. The molecule has 24 heavy (non-hydrogen) atoms. The Hall–Kier alpha value is -3.44. The van der Waals surface area contributed by atoms with Gasteiger partial charge in [0.25, 0.3) is 0 Å². The summed E-state index contributed by atoms with van der Waals surface area (Å²) in [7, 11) is 0. The minimum Gasteiger partial charge on any atom is -0.289 e. The number of carbonyl (C=O) groups is 1. The van der Waals surface area contributed by atoms with Gasteiger partial charge in [-0.2, -0.15) is 5.26 Å². The Labute approximate surface area is 141 Å². The van der Waals surface area contributed by atoms with E-state index in [1.807, 2.05) is 60.7 Å². The van der Waals surface area contributed by atoms with Gasteiger partial charge in [0, 0.05) is 5.56 Å². The molecule has 0 bridgehead atoms. The standard InChI is InChI=1S/C22H15NO/c23-16-17-7-6-11-20(15-17)22(24)14-13-19-10-4-5-12-21(19)18-8-2-1-3-9-18/h1-15H. The normalized spacial score (nSPS) is 10.5. The zero-order chi connectivity index (χ0) is 16.8. The van der Waals surface area contributed by atoms with Gasteiger partial charge in [-0.15, -0.1) is 0 Å². The van der Waals surface area contributed by atoms with Crippen LogP contribution in [0.5, 0.6) is 0 Å². The minimum absolute atomic E-state index is 0.116. The summed E-state index contributed by atoms with van der Waals surface area (Å²) in [6.45, 7) is 0. The highest BCUT2D eigenvalue weighted by Crippen LogP contribution is 2.24. The maximum Gasteiger partial charge on any atom is 0.185 e. The van der Waals surface area contributed by atoms with Crippen molar-refractivity contribution in [2.45, 2.75) is 0 Å². The molecule has 0 amide bonds. The van der Waals surface area contributed by atoms with Gasteiger partial charge in [0.15, 0.2) is 5.78 Å². The van der Waals surface area contributed by atoms with E-state index in [2.05, 4.69) is 6.07 Å². The van der Waals surface area contributed by atoms with E-state index < -0.39 is 0 Å². The quantitative estimate of drug-likeness (QED) is 0.495. The third-order valence-electron chi connectivity index (χ3n) is 3.74. The highest BCUT2D eigenvalue weighted by molar-refractivity contribution is 6.07. The predicted molar refractivity (Wildman–Crippen MR) is 96.4 cm³/mol. The second kappa shape index (κ2) is 7.21. The molecule has 2 heteroatoms. The molecule has 0 N–H and O–H groups in total. The highest BCUT2D eigenvalue weighted by atomic mass is 16.1. The first kappa shape index (κ1) is 15.5. The summed E-state index contributed by atoms with van der Waals surface area (Å²) in [5.74, 6) is -0.116. The van der Waals surface area contributed by atoms with E-state index in [4.69, 9.17) is 5.26 Å². The highest BCUT2D eigenvalue weighted by Gasteiger charge is 2.05. The molecule has 0 atom stereocenters. The molecular formula is C22H15NO. The van der Waals surface area contributed by atoms with E-state index in [9.17, 15) is 4.79 Å². The Balaban J connectivity index is 1.90. The van der Waals surface area contributed by atoms with Crippen LogP contribution in [0.15, 0.2) is 84.9 Å². The first-order valence-electron chi connectivity index (χ1n) is 7.65. The average Bonchev–Trinajstić information content (AvgIpc) is 2.67. The lowest BCUT2D eigenvalue weighted by Gasteiger charge is -2.06. The van der Waals surface area contributed by atoms with Crippen molar-refractivity contribution in [1.82, 2.24) is 0 Å². The third kappa shape index (κ3) is 3.48. The molecule has 0 heterocycles. The molecule has 0 fully saturated rings. The SMILES string of the molecule is N#Cc1cccc(C(=O)C=Cc2ccccc2-c2ccccc2)c1. The zero-order valence-corrected chi connectivity index (χ0v) is 13.0. The van der Waals surface area contributed by atoms with Crippen LogP contribution in [-0.2, 0) is 0 Å². The van der Waals surface area contributed by atoms with Crippen LogP contribution < -0.4 is 0 Å². The van der Waals surface area contributed by atoms with Crippen LogP contribution in [0.3, 0.4) is 0 Å². The van der Waals surface area contributed by atoms with Gasteiger partial charge in [0.2, 0.25) is 0 Å². The first-order valence-corrected chi connectivity index (χ1v) is 7.65. The fourth-order valence-electron chi connectivity index (χ4n) is 2.53. The summed E-state index contributed by atoms with van der Waals surface area (Å²) in [6.07, 6.45) is 3.38. The number of hydrogen-bond acceptors (Lipinski definition) is 2. The number of benzene rings is 3. The van der Waals surface area contributed by atoms with Gasteiger partial charge in [0.1, 0.15) is 0 Å². The van der Waals surface area contributed by atoms with Crippen molar-refractivity contribution in [2.75, 3.05) is 0 Å². The second-order valence-electron chi connectivity index (χ2n) is 5.34. The van der Waals surface area contributed by atoms with E-state index in [0.717, 1.165) is 16.7 Å². The van der Waals surface area contributed by atoms with E-state index in [0.29, 0.717) is 11.1 Å². The Morgan fingerprint density at radius 2 is 1.62 bits per heavy atom. The van der Waals surface area contributed by atoms with Crippen LogP contribution in [0.4, 0.5) is 0 Å². The number of carbonyl (C=O) groups excluding carboxylic acids is 1. The van der Waals surface area contributed by atoms with Crippen LogP contribution in [0.1, 0.15) is 21.5 Å². The molecule has 0 aliphatic rings. The molecule has 0 aliphatic carbocycles. The van der Waals surface area contributed by atoms with Gasteiger partial charge in [0.05, 0.1) is 11.6 Å². The van der Waals surface area contributed by atoms with Crippen molar-refractivity contribution in [3.8, 4) is 17.2 Å². The van der Waals surface area contributed by atoms with Gasteiger partial charge < -0.3 is 0 Å².